The molecular formula is H4Cl7CuNZr. The minimum Gasteiger partial charge on any atom is -1.00 e. The Labute approximate surface area is 134 Å². The molecule has 0 fully saturated rings. The minimum absolute atomic E-state index is 0. The van der Waals surface area contributed by atoms with Crippen molar-refractivity contribution in [3.05, 3.63) is 0 Å². The summed E-state index contributed by atoms with van der Waals surface area (Å²) in [6.07, 6.45) is 0. The van der Waals surface area contributed by atoms with Gasteiger partial charge in [0.25, 0.3) is 0 Å². The normalized spacial score (nSPS) is 0. The van der Waals surface area contributed by atoms with E-state index in [1.54, 1.807) is 0 Å². The van der Waals surface area contributed by atoms with E-state index in [0.29, 0.717) is 0 Å². The molecule has 10 heavy (non-hydrogen) atoms. The average Bonchev–Trinajstić information content (AvgIpc) is 0. The summed E-state index contributed by atoms with van der Waals surface area (Å²) in [7, 11) is 0. The van der Waals surface area contributed by atoms with Gasteiger partial charge in [0.2, 0.25) is 0 Å². The molecule has 0 unspecified atom stereocenters. The molecule has 1 nitrogen and oxygen atoms in total. The summed E-state index contributed by atoms with van der Waals surface area (Å²) in [4.78, 5) is 0. The topological polar surface area (TPSA) is 36.5 Å². The summed E-state index contributed by atoms with van der Waals surface area (Å²) in [5.74, 6) is 0. The van der Waals surface area contributed by atoms with Gasteiger partial charge >= 0.3 is 43.3 Å². The first-order valence-electron chi connectivity index (χ1n) is 0. The molecular weight excluding hydrogens is 417 g/mol. The maximum atomic E-state index is 0. The van der Waals surface area contributed by atoms with Crippen molar-refractivity contribution in [2.24, 2.45) is 0 Å². The van der Waals surface area contributed by atoms with E-state index >= 15 is 0 Å². The zero-order valence-corrected chi connectivity index (χ0v) is 13.1. The van der Waals surface area contributed by atoms with Crippen molar-refractivity contribution < 1.29 is 130 Å². The van der Waals surface area contributed by atoms with Crippen LogP contribution in [0.25, 0.3) is 0 Å². The van der Waals surface area contributed by atoms with Gasteiger partial charge < -0.3 is 93.0 Å². The molecule has 0 aromatic carbocycles. The molecule has 0 aromatic heterocycles. The second kappa shape index (κ2) is 140. The largest absolute Gasteiger partial charge is 4.00 e. The van der Waals surface area contributed by atoms with Gasteiger partial charge in [-0.1, -0.05) is 0 Å². The van der Waals surface area contributed by atoms with Gasteiger partial charge in [-0.25, -0.2) is 0 Å². The average molecular weight is 421 g/mol. The second-order valence-corrected chi connectivity index (χ2v) is 0. The van der Waals surface area contributed by atoms with Crippen LogP contribution in [0.5, 0.6) is 0 Å². The number of hydrogen-bond donors (Lipinski definition) is 1. The van der Waals surface area contributed by atoms with Crippen molar-refractivity contribution in [2.75, 3.05) is 0 Å². The van der Waals surface area contributed by atoms with Crippen molar-refractivity contribution in [1.29, 1.82) is 0 Å². The van der Waals surface area contributed by atoms with Gasteiger partial charge in [0.05, 0.1) is 0 Å². The van der Waals surface area contributed by atoms with Gasteiger partial charge in [-0.2, -0.15) is 0 Å². The van der Waals surface area contributed by atoms with E-state index in [4.69, 9.17) is 0 Å². The maximum Gasteiger partial charge on any atom is 4.00 e. The monoisotopic (exact) mass is 416 g/mol. The fraction of sp³-hybridized carbons (Fsp3) is 0. The van der Waals surface area contributed by atoms with E-state index in [2.05, 4.69) is 0 Å². The summed E-state index contributed by atoms with van der Waals surface area (Å²) in [5.41, 5.74) is 0. The van der Waals surface area contributed by atoms with Crippen LogP contribution in [-0.2, 0) is 43.3 Å². The number of quaternary nitrogens is 1. The molecule has 0 atom stereocenters. The third-order valence-electron chi connectivity index (χ3n) is 0. The van der Waals surface area contributed by atoms with E-state index in [9.17, 15) is 0 Å². The summed E-state index contributed by atoms with van der Waals surface area (Å²) in [5, 5.41) is 0. The molecule has 0 aliphatic heterocycles. The van der Waals surface area contributed by atoms with Crippen molar-refractivity contribution in [3.8, 4) is 0 Å². The molecule has 10 heteroatoms. The first kappa shape index (κ1) is 179. The molecule has 0 aromatic rings. The standard InChI is InChI=1S/7ClH.Cu.H3N.Zr/h7*1H;;1H3;/q;;;;;;;+2;;+4/p-6. The number of rotatable bonds is 0. The summed E-state index contributed by atoms with van der Waals surface area (Å²) < 4.78 is 0. The zero-order valence-electron chi connectivity index (χ0n) is 4.45. The number of halogens is 7. The van der Waals surface area contributed by atoms with E-state index in [1.807, 2.05) is 0 Å². The van der Waals surface area contributed by atoms with E-state index in [-0.39, 0.29) is 136 Å². The van der Waals surface area contributed by atoms with Crippen LogP contribution in [0.3, 0.4) is 0 Å². The van der Waals surface area contributed by atoms with E-state index in [0.717, 1.165) is 0 Å². The molecule has 0 amide bonds. The second-order valence-electron chi connectivity index (χ2n) is 0. The molecule has 0 rings (SSSR count). The zero-order chi connectivity index (χ0) is 0. The van der Waals surface area contributed by atoms with E-state index < -0.39 is 0 Å². The summed E-state index contributed by atoms with van der Waals surface area (Å²) in [6, 6.07) is 0. The third-order valence-corrected chi connectivity index (χ3v) is 0. The predicted molar refractivity (Wildman–Crippen MR) is 5.98 cm³/mol. The predicted octanol–water partition coefficient (Wildman–Crippen LogP) is -20.6. The summed E-state index contributed by atoms with van der Waals surface area (Å²) >= 11 is 0. The first-order valence-corrected chi connectivity index (χ1v) is 0. The molecule has 0 bridgehead atoms. The smallest absolute Gasteiger partial charge is 1.00 e. The Morgan fingerprint density at radius 2 is 0.400 bits per heavy atom. The van der Waals surface area contributed by atoms with Crippen LogP contribution >= 0.6 is 0 Å². The fourth-order valence-electron chi connectivity index (χ4n) is 0. The van der Waals surface area contributed by atoms with Crippen molar-refractivity contribution in [2.45, 2.75) is 0 Å². The Morgan fingerprint density at radius 1 is 0.400 bits per heavy atom. The van der Waals surface area contributed by atoms with Crippen LogP contribution in [-0.4, -0.2) is 0 Å². The molecule has 0 aliphatic rings. The van der Waals surface area contributed by atoms with Crippen molar-refractivity contribution >= 4 is 0 Å². The molecule has 0 saturated carbocycles. The van der Waals surface area contributed by atoms with Gasteiger partial charge in [-0.05, 0) is 0 Å². The molecule has 73 valence electrons. The van der Waals surface area contributed by atoms with Crippen LogP contribution in [0.15, 0.2) is 0 Å². The Bertz CT molecular complexity index is 13.6. The Kier molecular flexibility index (Phi) is 2500. The van der Waals surface area contributed by atoms with Crippen LogP contribution in [0.2, 0.25) is 0 Å². The van der Waals surface area contributed by atoms with Crippen molar-refractivity contribution in [3.63, 3.8) is 0 Å². The van der Waals surface area contributed by atoms with Crippen LogP contribution in [0.1, 0.15) is 0 Å². The minimum atomic E-state index is 0. The Hall–Kier alpha value is 3.39. The van der Waals surface area contributed by atoms with Gasteiger partial charge in [0.15, 0.2) is 0 Å². The molecule has 0 aliphatic carbocycles. The molecule has 0 saturated heterocycles. The van der Waals surface area contributed by atoms with Crippen LogP contribution in [0, 0.1) is 0 Å². The van der Waals surface area contributed by atoms with Crippen LogP contribution in [0.4, 0.5) is 0 Å². The molecule has 0 heterocycles. The maximum absolute atomic E-state index is 0. The fourth-order valence-corrected chi connectivity index (χ4v) is 0. The van der Waals surface area contributed by atoms with Gasteiger partial charge in [0.1, 0.15) is 0 Å². The first-order chi connectivity index (χ1) is 0. The van der Waals surface area contributed by atoms with Gasteiger partial charge in [-0.3, -0.25) is 0 Å². The summed E-state index contributed by atoms with van der Waals surface area (Å²) in [6.45, 7) is 0. The van der Waals surface area contributed by atoms with Crippen LogP contribution < -0.4 is 93.0 Å². The third kappa shape index (κ3) is 107. The van der Waals surface area contributed by atoms with Crippen molar-refractivity contribution in [1.82, 2.24) is 6.15 Å². The molecule has 0 spiro atoms. The Morgan fingerprint density at radius 3 is 0.400 bits per heavy atom. The van der Waals surface area contributed by atoms with Gasteiger partial charge in [-0.15, -0.1) is 0 Å². The van der Waals surface area contributed by atoms with Gasteiger partial charge in [0, 0.05) is 0 Å². The molecule has 4 N–H and O–H groups in total. The van der Waals surface area contributed by atoms with E-state index in [1.165, 1.54) is 0 Å². The SMILES string of the molecule is [Cl-].[Cl-].[Cl-].[Cl-].[Cl-].[Cl-].[Cl-].[Cu+2].[NH4+].[Zr+4]. The Balaban J connectivity index is 0. The number of hydrogen-bond acceptors (Lipinski definition) is 0. The molecule has 1 radical (unpaired) electrons. The quantitative estimate of drug-likeness (QED) is 0.378.